The molecule has 0 spiro atoms. The number of hydrogen-bond donors (Lipinski definition) is 1. The zero-order valence-corrected chi connectivity index (χ0v) is 24.4. The van der Waals surface area contributed by atoms with Crippen LogP contribution in [0.25, 0.3) is 0 Å². The van der Waals surface area contributed by atoms with Crippen molar-refractivity contribution >= 4 is 11.8 Å². The van der Waals surface area contributed by atoms with Crippen molar-refractivity contribution < 1.29 is 14.3 Å². The van der Waals surface area contributed by atoms with Gasteiger partial charge in [0.25, 0.3) is 0 Å². The molecule has 0 radical (unpaired) electrons. The number of esters is 1. The molecule has 2 atom stereocenters. The molecule has 40 heavy (non-hydrogen) atoms. The van der Waals surface area contributed by atoms with Crippen LogP contribution < -0.4 is 5.32 Å². The van der Waals surface area contributed by atoms with Gasteiger partial charge >= 0.3 is 5.97 Å². The second-order valence-electron chi connectivity index (χ2n) is 12.8. The van der Waals surface area contributed by atoms with E-state index >= 15 is 0 Å². The van der Waals surface area contributed by atoms with Gasteiger partial charge in [-0.2, -0.15) is 0 Å². The molecule has 2 aliphatic heterocycles. The highest BCUT2D eigenvalue weighted by Gasteiger charge is 2.40. The lowest BCUT2D eigenvalue weighted by molar-refractivity contribution is -0.151. The Bertz CT molecular complexity index is 1180. The average molecular weight is 547 g/mol. The van der Waals surface area contributed by atoms with E-state index in [1.54, 1.807) is 0 Å². The van der Waals surface area contributed by atoms with Crippen LogP contribution in [0, 0.1) is 5.92 Å². The summed E-state index contributed by atoms with van der Waals surface area (Å²) in [7, 11) is 0. The standard InChI is InChI=1S/C33H46N4O3/c1-22(2)21-40-33(38)31(28-14-15-29(23-8-9-23)36-30(28)24-10-11-24)37-18-16-27(20-37)39-19-4-3-7-26-13-12-25-6-5-17-34-32(25)35-26/h12-15,22-24,27,31H,3-11,16-21H2,1-2H3,(H,34,35)/t27-,31?/m1/s1. The van der Waals surface area contributed by atoms with Gasteiger partial charge in [0, 0.05) is 60.7 Å². The quantitative estimate of drug-likeness (QED) is 0.246. The van der Waals surface area contributed by atoms with Crippen LogP contribution in [-0.4, -0.2) is 59.8 Å². The molecule has 4 heterocycles. The number of aromatic nitrogens is 2. The van der Waals surface area contributed by atoms with Crippen LogP contribution in [-0.2, 0) is 27.1 Å². The minimum absolute atomic E-state index is 0.135. The van der Waals surface area contributed by atoms with Crippen LogP contribution >= 0.6 is 0 Å². The summed E-state index contributed by atoms with van der Waals surface area (Å²) in [5.74, 6) is 2.36. The Balaban J connectivity index is 1.05. The number of ether oxygens (including phenoxy) is 2. The second kappa shape index (κ2) is 12.6. The Morgan fingerprint density at radius 2 is 1.90 bits per heavy atom. The van der Waals surface area contributed by atoms with Gasteiger partial charge in [-0.3, -0.25) is 9.88 Å². The third-order valence-electron chi connectivity index (χ3n) is 8.69. The minimum Gasteiger partial charge on any atom is -0.464 e. The zero-order valence-electron chi connectivity index (χ0n) is 24.4. The predicted octanol–water partition coefficient (Wildman–Crippen LogP) is 5.94. The first-order valence-electron chi connectivity index (χ1n) is 15.8. The van der Waals surface area contributed by atoms with Crippen LogP contribution in [0.15, 0.2) is 24.3 Å². The van der Waals surface area contributed by atoms with E-state index < -0.39 is 6.04 Å². The first-order valence-corrected chi connectivity index (χ1v) is 15.8. The van der Waals surface area contributed by atoms with Crippen LogP contribution in [0.3, 0.4) is 0 Å². The fourth-order valence-corrected chi connectivity index (χ4v) is 6.11. The molecule has 7 heteroatoms. The third kappa shape index (κ3) is 6.85. The maximum atomic E-state index is 13.5. The van der Waals surface area contributed by atoms with Gasteiger partial charge in [-0.15, -0.1) is 0 Å². The normalized spacial score (nSPS) is 21.7. The summed E-state index contributed by atoms with van der Waals surface area (Å²) in [4.78, 5) is 25.8. The van der Waals surface area contributed by atoms with Crippen molar-refractivity contribution in [3.63, 3.8) is 0 Å². The van der Waals surface area contributed by atoms with Gasteiger partial charge in [-0.25, -0.2) is 9.78 Å². The van der Waals surface area contributed by atoms with Gasteiger partial charge in [0.15, 0.2) is 0 Å². The highest BCUT2D eigenvalue weighted by Crippen LogP contribution is 2.46. The number of nitrogens with zero attached hydrogens (tertiary/aromatic N) is 3. The van der Waals surface area contributed by atoms with Gasteiger partial charge in [0.05, 0.1) is 12.7 Å². The molecule has 1 N–H and O–H groups in total. The summed E-state index contributed by atoms with van der Waals surface area (Å²) in [5, 5.41) is 3.43. The number of nitrogens with one attached hydrogen (secondary N) is 1. The second-order valence-corrected chi connectivity index (χ2v) is 12.8. The lowest BCUT2D eigenvalue weighted by atomic mass is 9.99. The molecule has 3 fully saturated rings. The molecule has 7 nitrogen and oxygen atoms in total. The Morgan fingerprint density at radius 3 is 2.70 bits per heavy atom. The highest BCUT2D eigenvalue weighted by atomic mass is 16.5. The van der Waals surface area contributed by atoms with Crippen LogP contribution in [0.5, 0.6) is 0 Å². The Labute approximate surface area is 239 Å². The van der Waals surface area contributed by atoms with Crippen molar-refractivity contribution in [3.8, 4) is 0 Å². The van der Waals surface area contributed by atoms with Gasteiger partial charge in [0.1, 0.15) is 11.9 Å². The van der Waals surface area contributed by atoms with E-state index in [-0.39, 0.29) is 12.1 Å². The third-order valence-corrected chi connectivity index (χ3v) is 8.69. The fourth-order valence-electron chi connectivity index (χ4n) is 6.11. The van der Waals surface area contributed by atoms with Crippen molar-refractivity contribution in [2.45, 2.75) is 102 Å². The maximum absolute atomic E-state index is 13.5. The maximum Gasteiger partial charge on any atom is 0.328 e. The van der Waals surface area contributed by atoms with Crippen molar-refractivity contribution in [3.05, 3.63) is 52.5 Å². The smallest absolute Gasteiger partial charge is 0.328 e. The summed E-state index contributed by atoms with van der Waals surface area (Å²) < 4.78 is 12.2. The molecule has 2 aromatic rings. The summed E-state index contributed by atoms with van der Waals surface area (Å²) >= 11 is 0. The molecule has 2 aliphatic carbocycles. The number of likely N-dealkylation sites (tertiary alicyclic amines) is 1. The topological polar surface area (TPSA) is 76.6 Å². The molecule has 2 saturated carbocycles. The van der Waals surface area contributed by atoms with E-state index in [4.69, 9.17) is 19.4 Å². The number of rotatable bonds is 13. The minimum atomic E-state index is -0.396. The van der Waals surface area contributed by atoms with Crippen LogP contribution in [0.4, 0.5) is 5.82 Å². The van der Waals surface area contributed by atoms with Crippen molar-refractivity contribution in [1.82, 2.24) is 14.9 Å². The van der Waals surface area contributed by atoms with E-state index in [9.17, 15) is 4.79 Å². The molecular weight excluding hydrogens is 500 g/mol. The van der Waals surface area contributed by atoms with Crippen molar-refractivity contribution in [2.75, 3.05) is 38.2 Å². The number of carbonyl (C=O) groups is 1. The molecule has 4 aliphatic rings. The van der Waals surface area contributed by atoms with Crippen LogP contribution in [0.1, 0.15) is 111 Å². The van der Waals surface area contributed by atoms with E-state index in [0.29, 0.717) is 24.4 Å². The molecule has 6 rings (SSSR count). The highest BCUT2D eigenvalue weighted by molar-refractivity contribution is 5.78. The number of aryl methyl sites for hydroxylation is 2. The van der Waals surface area contributed by atoms with Gasteiger partial charge in [0.2, 0.25) is 0 Å². The molecule has 0 aromatic carbocycles. The first-order chi connectivity index (χ1) is 19.5. The predicted molar refractivity (Wildman–Crippen MR) is 157 cm³/mol. The number of pyridine rings is 2. The molecule has 1 saturated heterocycles. The Morgan fingerprint density at radius 1 is 1.05 bits per heavy atom. The van der Waals surface area contributed by atoms with Gasteiger partial charge < -0.3 is 14.8 Å². The van der Waals surface area contributed by atoms with Crippen molar-refractivity contribution in [2.24, 2.45) is 5.92 Å². The monoisotopic (exact) mass is 546 g/mol. The molecule has 216 valence electrons. The number of carbonyl (C=O) groups excluding carboxylic acids is 1. The number of unbranched alkanes of at least 4 members (excludes halogenated alkanes) is 1. The molecule has 0 amide bonds. The van der Waals surface area contributed by atoms with E-state index in [1.165, 1.54) is 43.4 Å². The summed E-state index contributed by atoms with van der Waals surface area (Å²) in [6, 6.07) is 8.38. The van der Waals surface area contributed by atoms with E-state index in [2.05, 4.69) is 48.3 Å². The lowest BCUT2D eigenvalue weighted by Gasteiger charge is -2.28. The molecule has 2 aromatic heterocycles. The zero-order chi connectivity index (χ0) is 27.5. The number of hydrogen-bond acceptors (Lipinski definition) is 7. The van der Waals surface area contributed by atoms with E-state index in [0.717, 1.165) is 81.1 Å². The molecular formula is C33H46N4O3. The van der Waals surface area contributed by atoms with Gasteiger partial charge in [-0.05, 0) is 87.8 Å². The Hall–Kier alpha value is -2.51. The number of anilines is 1. The largest absolute Gasteiger partial charge is 0.464 e. The number of fused-ring (bicyclic) bond motifs is 1. The van der Waals surface area contributed by atoms with E-state index in [1.807, 2.05) is 0 Å². The lowest BCUT2D eigenvalue weighted by Crippen LogP contribution is -2.36. The molecule has 0 bridgehead atoms. The average Bonchev–Trinajstić information content (AvgIpc) is 3.90. The summed E-state index contributed by atoms with van der Waals surface area (Å²) in [6.07, 6.45) is 11.3. The Kier molecular flexibility index (Phi) is 8.68. The van der Waals surface area contributed by atoms with Gasteiger partial charge in [-0.1, -0.05) is 26.0 Å². The SMILES string of the molecule is CC(C)COC(=O)C(c1ccc(C2CC2)nc1C1CC1)N1CC[C@@H](OCCCCc2ccc3c(n2)NCCC3)C1. The first kappa shape index (κ1) is 27.6. The fraction of sp³-hybridized carbons (Fsp3) is 0.667. The van der Waals surface area contributed by atoms with Crippen molar-refractivity contribution in [1.29, 1.82) is 0 Å². The van der Waals surface area contributed by atoms with Crippen LogP contribution in [0.2, 0.25) is 0 Å². The summed E-state index contributed by atoms with van der Waals surface area (Å²) in [5.41, 5.74) is 5.93. The molecule has 1 unspecified atom stereocenters. The summed E-state index contributed by atoms with van der Waals surface area (Å²) in [6.45, 7) is 7.99.